The molecule has 1 saturated heterocycles. The van der Waals surface area contributed by atoms with E-state index in [0.717, 1.165) is 16.6 Å². The molecule has 1 fully saturated rings. The normalized spacial score (nSPS) is 19.0. The zero-order valence-corrected chi connectivity index (χ0v) is 28.4. The van der Waals surface area contributed by atoms with Crippen molar-refractivity contribution in [3.8, 4) is 33.7 Å². The van der Waals surface area contributed by atoms with Crippen LogP contribution in [-0.2, 0) is 48.7 Å². The zero-order valence-electron chi connectivity index (χ0n) is 26.8. The van der Waals surface area contributed by atoms with Crippen LogP contribution in [-0.4, -0.2) is 79.9 Å². The third-order valence-electron chi connectivity index (χ3n) is 8.09. The lowest BCUT2D eigenvalue weighted by molar-refractivity contribution is -0.347. The standard InChI is InChI=1S/C32H31F3N4O8S2/c1-17-36-30(19-7-9-27-28(12-19)47-32(34,35)46-27)31(45-17)23-10-18(20-11-25(33)24(15-40)29(13-20)48(5,41)42)6-8-22(23)26-14-21(37-39(26)4)16-49(43,44)38(2)3/h6-14,27-28,40H,15-16H2,1-5H3. The number of aliphatic hydroxyl groups excluding tert-OH is 1. The number of fused-ring (bicyclic) bond motifs is 1. The number of nitrogens with zero attached hydrogens (tertiary/aromatic N) is 4. The fourth-order valence-corrected chi connectivity index (χ4v) is 7.44. The van der Waals surface area contributed by atoms with Gasteiger partial charge in [-0.15, -0.1) is 8.78 Å². The summed E-state index contributed by atoms with van der Waals surface area (Å²) in [5.41, 5.74) is 2.33. The first-order valence-electron chi connectivity index (χ1n) is 14.7. The topological polar surface area (TPSA) is 154 Å². The van der Waals surface area contributed by atoms with Gasteiger partial charge in [0.15, 0.2) is 21.5 Å². The Balaban J connectivity index is 1.56. The van der Waals surface area contributed by atoms with Crippen LogP contribution in [0.5, 0.6) is 0 Å². The van der Waals surface area contributed by atoms with Crippen LogP contribution < -0.4 is 0 Å². The highest BCUT2D eigenvalue weighted by molar-refractivity contribution is 7.90. The number of alkyl halides is 2. The Hall–Kier alpha value is -4.13. The Kier molecular flexibility index (Phi) is 8.74. The predicted octanol–water partition coefficient (Wildman–Crippen LogP) is 4.43. The Morgan fingerprint density at radius 3 is 2.41 bits per heavy atom. The van der Waals surface area contributed by atoms with Crippen molar-refractivity contribution >= 4 is 25.4 Å². The first-order chi connectivity index (χ1) is 22.9. The monoisotopic (exact) mass is 720 g/mol. The molecule has 2 aromatic carbocycles. The molecule has 1 aliphatic heterocycles. The van der Waals surface area contributed by atoms with Crippen LogP contribution in [0.25, 0.3) is 39.3 Å². The van der Waals surface area contributed by atoms with Crippen molar-refractivity contribution in [1.82, 2.24) is 19.1 Å². The van der Waals surface area contributed by atoms with Gasteiger partial charge < -0.3 is 9.52 Å². The molecule has 0 bridgehead atoms. The fraction of sp³-hybridized carbons (Fsp3) is 0.312. The number of aliphatic hydroxyl groups is 1. The lowest BCUT2D eigenvalue weighted by atomic mass is 9.92. The van der Waals surface area contributed by atoms with Gasteiger partial charge in [0, 0.05) is 56.6 Å². The van der Waals surface area contributed by atoms with E-state index in [2.05, 4.69) is 14.8 Å². The number of hydrogen-bond acceptors (Lipinski definition) is 10. The van der Waals surface area contributed by atoms with Gasteiger partial charge in [0.25, 0.3) is 0 Å². The van der Waals surface area contributed by atoms with Gasteiger partial charge in [-0.3, -0.25) is 14.2 Å². The molecule has 3 heterocycles. The van der Waals surface area contributed by atoms with E-state index in [0.29, 0.717) is 28.0 Å². The number of sulfone groups is 1. The smallest absolute Gasteiger partial charge is 0.440 e. The summed E-state index contributed by atoms with van der Waals surface area (Å²) < 4.78 is 111. The van der Waals surface area contributed by atoms with E-state index in [1.165, 1.54) is 37.0 Å². The number of oxazole rings is 1. The maximum absolute atomic E-state index is 15.2. The molecule has 2 aromatic heterocycles. The molecule has 49 heavy (non-hydrogen) atoms. The van der Waals surface area contributed by atoms with Crippen LogP contribution in [0, 0.1) is 12.7 Å². The Bertz CT molecular complexity index is 2260. The zero-order chi connectivity index (χ0) is 35.6. The van der Waals surface area contributed by atoms with E-state index < -0.39 is 50.8 Å². The summed E-state index contributed by atoms with van der Waals surface area (Å²) in [6.45, 7) is 0.752. The van der Waals surface area contributed by atoms with Crippen molar-refractivity contribution in [3.05, 3.63) is 83.3 Å². The highest BCUT2D eigenvalue weighted by atomic mass is 32.2. The summed E-state index contributed by atoms with van der Waals surface area (Å²) in [5, 5.41) is 14.1. The van der Waals surface area contributed by atoms with Gasteiger partial charge in [0.05, 0.1) is 22.9 Å². The third kappa shape index (κ3) is 6.73. The summed E-state index contributed by atoms with van der Waals surface area (Å²) in [5.74, 6) is -0.921. The average Bonchev–Trinajstić information content (AvgIpc) is 3.67. The molecule has 4 aromatic rings. The maximum atomic E-state index is 15.2. The molecule has 0 saturated carbocycles. The van der Waals surface area contributed by atoms with Crippen molar-refractivity contribution in [3.63, 3.8) is 0 Å². The van der Waals surface area contributed by atoms with Crippen molar-refractivity contribution in [2.75, 3.05) is 20.4 Å². The second-order valence-electron chi connectivity index (χ2n) is 11.8. The van der Waals surface area contributed by atoms with Crippen molar-refractivity contribution in [2.24, 2.45) is 7.05 Å². The highest BCUT2D eigenvalue weighted by Gasteiger charge is 2.49. The molecule has 0 radical (unpaired) electrons. The van der Waals surface area contributed by atoms with E-state index in [1.54, 1.807) is 44.3 Å². The van der Waals surface area contributed by atoms with Gasteiger partial charge in [-0.1, -0.05) is 24.3 Å². The molecule has 17 heteroatoms. The van der Waals surface area contributed by atoms with E-state index >= 15 is 4.39 Å². The molecule has 1 N–H and O–H groups in total. The minimum atomic E-state index is -3.95. The highest BCUT2D eigenvalue weighted by Crippen LogP contribution is 2.43. The van der Waals surface area contributed by atoms with E-state index in [4.69, 9.17) is 9.15 Å². The van der Waals surface area contributed by atoms with Crippen LogP contribution in [0.4, 0.5) is 13.2 Å². The van der Waals surface area contributed by atoms with E-state index in [9.17, 15) is 30.7 Å². The number of halogens is 3. The molecule has 1 aliphatic carbocycles. The van der Waals surface area contributed by atoms with Crippen LogP contribution >= 0.6 is 0 Å². The molecule has 2 unspecified atom stereocenters. The number of benzene rings is 2. The number of allylic oxidation sites excluding steroid dienone is 2. The van der Waals surface area contributed by atoms with Crippen molar-refractivity contribution in [1.29, 1.82) is 0 Å². The number of rotatable bonds is 9. The Morgan fingerprint density at radius 2 is 1.73 bits per heavy atom. The van der Waals surface area contributed by atoms with E-state index in [1.807, 2.05) is 0 Å². The molecule has 12 nitrogen and oxygen atoms in total. The molecule has 2 aliphatic rings. The second kappa shape index (κ2) is 12.3. The Labute approximate surface area is 280 Å². The minimum absolute atomic E-state index is 0.168. The molecule has 0 amide bonds. The number of aromatic nitrogens is 3. The number of ether oxygens (including phenoxy) is 2. The maximum Gasteiger partial charge on any atom is 0.486 e. The average molecular weight is 721 g/mol. The summed E-state index contributed by atoms with van der Waals surface area (Å²) in [6.07, 6.45) is -0.615. The molecule has 2 atom stereocenters. The molecule has 260 valence electrons. The van der Waals surface area contributed by atoms with Crippen LogP contribution in [0.1, 0.15) is 22.8 Å². The first kappa shape index (κ1) is 34.7. The predicted molar refractivity (Wildman–Crippen MR) is 171 cm³/mol. The first-order valence-corrected chi connectivity index (χ1v) is 18.2. The fourth-order valence-electron chi connectivity index (χ4n) is 5.71. The van der Waals surface area contributed by atoms with Crippen molar-refractivity contribution < 1.29 is 49.0 Å². The lowest BCUT2D eigenvalue weighted by Gasteiger charge is -2.16. The van der Waals surface area contributed by atoms with Gasteiger partial charge in [-0.25, -0.2) is 30.5 Å². The van der Waals surface area contributed by atoms with Gasteiger partial charge in [0.1, 0.15) is 29.5 Å². The van der Waals surface area contributed by atoms with E-state index in [-0.39, 0.29) is 44.8 Å². The molecule has 0 spiro atoms. The minimum Gasteiger partial charge on any atom is -0.440 e. The second-order valence-corrected chi connectivity index (χ2v) is 16.0. The van der Waals surface area contributed by atoms with Crippen molar-refractivity contribution in [2.45, 2.75) is 42.7 Å². The Morgan fingerprint density at radius 1 is 1.02 bits per heavy atom. The third-order valence-corrected chi connectivity index (χ3v) is 11.0. The largest absolute Gasteiger partial charge is 0.486 e. The van der Waals surface area contributed by atoms with Crippen LogP contribution in [0.2, 0.25) is 0 Å². The number of sulfonamides is 1. The number of aryl methyl sites for hydroxylation is 2. The molecular weight excluding hydrogens is 690 g/mol. The summed E-state index contributed by atoms with van der Waals surface area (Å²) in [6, 6.07) is 8.83. The SMILES string of the molecule is Cc1nc(C2=CC3OC(F)(F)OC3C=C2)c(-c2cc(-c3cc(F)c(CO)c(S(C)(=O)=O)c3)ccc2-c2cc(CS(=O)(=O)N(C)C)nn2C)o1. The summed E-state index contributed by atoms with van der Waals surface area (Å²) >= 11 is 0. The molecular formula is C32H31F3N4O8S2. The van der Waals surface area contributed by atoms with Crippen LogP contribution in [0.15, 0.2) is 63.9 Å². The van der Waals surface area contributed by atoms with Crippen LogP contribution in [0.3, 0.4) is 0 Å². The number of hydrogen-bond donors (Lipinski definition) is 1. The summed E-state index contributed by atoms with van der Waals surface area (Å²) in [4.78, 5) is 4.15. The summed E-state index contributed by atoms with van der Waals surface area (Å²) in [7, 11) is -3.17. The molecule has 6 rings (SSSR count). The van der Waals surface area contributed by atoms with Gasteiger partial charge >= 0.3 is 6.29 Å². The quantitative estimate of drug-likeness (QED) is 0.263. The van der Waals surface area contributed by atoms with Gasteiger partial charge in [-0.05, 0) is 41.5 Å². The van der Waals surface area contributed by atoms with Gasteiger partial charge in [0.2, 0.25) is 10.0 Å². The lowest BCUT2D eigenvalue weighted by Crippen LogP contribution is -2.23. The van der Waals surface area contributed by atoms with Gasteiger partial charge in [-0.2, -0.15) is 5.10 Å².